The lowest BCUT2D eigenvalue weighted by Gasteiger charge is -2.35. The van der Waals surface area contributed by atoms with E-state index in [-0.39, 0.29) is 18.0 Å². The first kappa shape index (κ1) is 16.7. The number of nitrogens with zero attached hydrogens (tertiary/aromatic N) is 5. The van der Waals surface area contributed by atoms with Crippen LogP contribution >= 0.6 is 0 Å². The average Bonchev–Trinajstić information content (AvgIpc) is 2.97. The fourth-order valence-electron chi connectivity index (χ4n) is 3.26. The molecule has 0 amide bonds. The number of rotatable bonds is 3. The topological polar surface area (TPSA) is 68.1 Å². The van der Waals surface area contributed by atoms with Crippen LogP contribution < -0.4 is 10.2 Å². The van der Waals surface area contributed by atoms with Crippen molar-refractivity contribution >= 4 is 28.5 Å². The summed E-state index contributed by atoms with van der Waals surface area (Å²) in [5.74, 6) is 1.01. The highest BCUT2D eigenvalue weighted by molar-refractivity contribution is 5.89. The van der Waals surface area contributed by atoms with E-state index in [1.54, 1.807) is 23.0 Å². The highest BCUT2D eigenvalue weighted by Crippen LogP contribution is 2.27. The van der Waals surface area contributed by atoms with E-state index < -0.39 is 0 Å². The van der Waals surface area contributed by atoms with Crippen LogP contribution in [-0.4, -0.2) is 45.0 Å². The van der Waals surface area contributed by atoms with Gasteiger partial charge in [0.25, 0.3) is 0 Å². The van der Waals surface area contributed by atoms with Crippen molar-refractivity contribution in [2.24, 2.45) is 7.05 Å². The van der Waals surface area contributed by atoms with Crippen molar-refractivity contribution < 1.29 is 9.13 Å². The first-order valence-corrected chi connectivity index (χ1v) is 8.62. The van der Waals surface area contributed by atoms with E-state index in [2.05, 4.69) is 15.3 Å². The maximum Gasteiger partial charge on any atom is 0.229 e. The fourth-order valence-corrected chi connectivity index (χ4v) is 3.26. The maximum atomic E-state index is 13.2. The molecule has 1 fully saturated rings. The highest BCUT2D eigenvalue weighted by Gasteiger charge is 2.25. The normalized spacial score (nSPS) is 20.5. The number of aryl methyl sites for hydroxylation is 1. The Labute approximate surface area is 150 Å². The molecule has 1 aliphatic rings. The zero-order valence-electron chi connectivity index (χ0n) is 15.0. The zero-order valence-corrected chi connectivity index (χ0v) is 15.0. The molecule has 0 spiro atoms. The van der Waals surface area contributed by atoms with E-state index in [0.29, 0.717) is 11.8 Å². The molecule has 0 unspecified atom stereocenters. The van der Waals surface area contributed by atoms with Crippen LogP contribution in [0.5, 0.6) is 0 Å². The Morgan fingerprint density at radius 1 is 1.12 bits per heavy atom. The summed E-state index contributed by atoms with van der Waals surface area (Å²) in [4.78, 5) is 11.6. The number of hydrogen-bond donors (Lipinski definition) is 1. The van der Waals surface area contributed by atoms with Gasteiger partial charge in [0.2, 0.25) is 5.95 Å². The van der Waals surface area contributed by atoms with Gasteiger partial charge >= 0.3 is 0 Å². The van der Waals surface area contributed by atoms with Gasteiger partial charge in [0.15, 0.2) is 5.65 Å². The molecule has 0 bridgehead atoms. The van der Waals surface area contributed by atoms with Gasteiger partial charge < -0.3 is 15.0 Å². The smallest absolute Gasteiger partial charge is 0.229 e. The van der Waals surface area contributed by atoms with Crippen LogP contribution in [0.15, 0.2) is 30.5 Å². The number of hydrogen-bond acceptors (Lipinski definition) is 6. The van der Waals surface area contributed by atoms with Gasteiger partial charge in [-0.1, -0.05) is 0 Å². The summed E-state index contributed by atoms with van der Waals surface area (Å²) in [6, 6.07) is 6.18. The van der Waals surface area contributed by atoms with Gasteiger partial charge in [-0.3, -0.25) is 4.68 Å². The number of morpholine rings is 1. The number of anilines is 3. The summed E-state index contributed by atoms with van der Waals surface area (Å²) >= 11 is 0. The molecule has 0 radical (unpaired) electrons. The monoisotopic (exact) mass is 356 g/mol. The number of fused-ring (bicyclic) bond motifs is 1. The Balaban J connectivity index is 1.75. The molecule has 3 heterocycles. The van der Waals surface area contributed by atoms with E-state index in [0.717, 1.165) is 29.8 Å². The summed E-state index contributed by atoms with van der Waals surface area (Å²) in [7, 11) is 1.85. The number of aromatic nitrogens is 4. The molecule has 3 aromatic rings. The third-order valence-electron chi connectivity index (χ3n) is 4.39. The van der Waals surface area contributed by atoms with Crippen molar-refractivity contribution in [1.82, 2.24) is 19.7 Å². The second kappa shape index (κ2) is 6.53. The molecule has 2 aromatic heterocycles. The molecule has 26 heavy (non-hydrogen) atoms. The molecule has 1 saturated heterocycles. The SMILES string of the molecule is C[C@H]1CN(c2nc(Nc3ccc(F)cc3)c3cnn(C)c3n2)C[C@H](C)O1. The third-order valence-corrected chi connectivity index (χ3v) is 4.39. The quantitative estimate of drug-likeness (QED) is 0.778. The van der Waals surface area contributed by atoms with Gasteiger partial charge in [0.1, 0.15) is 11.6 Å². The largest absolute Gasteiger partial charge is 0.372 e. The molecule has 0 aliphatic carbocycles. The van der Waals surface area contributed by atoms with Crippen LogP contribution in [0, 0.1) is 5.82 Å². The fraction of sp³-hybridized carbons (Fsp3) is 0.389. The van der Waals surface area contributed by atoms with E-state index in [4.69, 9.17) is 14.7 Å². The van der Waals surface area contributed by atoms with E-state index >= 15 is 0 Å². The minimum atomic E-state index is -0.276. The Morgan fingerprint density at radius 3 is 2.50 bits per heavy atom. The Kier molecular flexibility index (Phi) is 4.20. The Hall–Kier alpha value is -2.74. The summed E-state index contributed by atoms with van der Waals surface area (Å²) < 4.78 is 20.7. The van der Waals surface area contributed by atoms with Crippen LogP contribution in [0.2, 0.25) is 0 Å². The lowest BCUT2D eigenvalue weighted by atomic mass is 10.2. The second-order valence-electron chi connectivity index (χ2n) is 6.67. The summed E-state index contributed by atoms with van der Waals surface area (Å²) in [6.45, 7) is 5.54. The van der Waals surface area contributed by atoms with Crippen LogP contribution in [0.4, 0.5) is 21.8 Å². The van der Waals surface area contributed by atoms with Gasteiger partial charge in [-0.15, -0.1) is 0 Å². The summed E-state index contributed by atoms with van der Waals surface area (Å²) in [6.07, 6.45) is 1.95. The van der Waals surface area contributed by atoms with Crippen molar-refractivity contribution in [3.63, 3.8) is 0 Å². The second-order valence-corrected chi connectivity index (χ2v) is 6.67. The number of halogens is 1. The first-order chi connectivity index (χ1) is 12.5. The van der Waals surface area contributed by atoms with Crippen LogP contribution in [0.25, 0.3) is 11.0 Å². The average molecular weight is 356 g/mol. The van der Waals surface area contributed by atoms with Gasteiger partial charge in [-0.05, 0) is 38.1 Å². The minimum absolute atomic E-state index is 0.109. The molecular formula is C18H21FN6O. The van der Waals surface area contributed by atoms with Crippen molar-refractivity contribution in [3.05, 3.63) is 36.3 Å². The zero-order chi connectivity index (χ0) is 18.3. The first-order valence-electron chi connectivity index (χ1n) is 8.62. The summed E-state index contributed by atoms with van der Waals surface area (Å²) in [5, 5.41) is 8.37. The molecule has 1 N–H and O–H groups in total. The lowest BCUT2D eigenvalue weighted by Crippen LogP contribution is -2.46. The molecule has 1 aliphatic heterocycles. The van der Waals surface area contributed by atoms with E-state index in [1.165, 1.54) is 12.1 Å². The number of benzene rings is 1. The van der Waals surface area contributed by atoms with E-state index in [9.17, 15) is 4.39 Å². The minimum Gasteiger partial charge on any atom is -0.372 e. The van der Waals surface area contributed by atoms with Crippen molar-refractivity contribution in [2.75, 3.05) is 23.3 Å². The van der Waals surface area contributed by atoms with Gasteiger partial charge in [0, 0.05) is 25.8 Å². The van der Waals surface area contributed by atoms with Gasteiger partial charge in [0.05, 0.1) is 23.8 Å². The number of nitrogens with one attached hydrogen (secondary N) is 1. The predicted molar refractivity (Wildman–Crippen MR) is 98.2 cm³/mol. The van der Waals surface area contributed by atoms with Gasteiger partial charge in [-0.25, -0.2) is 4.39 Å². The van der Waals surface area contributed by atoms with Crippen LogP contribution in [0.3, 0.4) is 0 Å². The molecule has 8 heteroatoms. The molecule has 0 saturated carbocycles. The van der Waals surface area contributed by atoms with Gasteiger partial charge in [-0.2, -0.15) is 15.1 Å². The molecule has 2 atom stereocenters. The van der Waals surface area contributed by atoms with E-state index in [1.807, 2.05) is 20.9 Å². The van der Waals surface area contributed by atoms with Crippen LogP contribution in [0.1, 0.15) is 13.8 Å². The van der Waals surface area contributed by atoms with Crippen molar-refractivity contribution in [3.8, 4) is 0 Å². The maximum absolute atomic E-state index is 13.2. The standard InChI is InChI=1S/C18H21FN6O/c1-11-9-25(10-12(2)26-11)18-22-16(15-8-20-24(3)17(15)23-18)21-14-6-4-13(19)5-7-14/h4-8,11-12H,9-10H2,1-3H3,(H,21,22,23)/t11-,12-/m0/s1. The molecule has 1 aromatic carbocycles. The molecular weight excluding hydrogens is 335 g/mol. The van der Waals surface area contributed by atoms with Crippen molar-refractivity contribution in [2.45, 2.75) is 26.1 Å². The Bertz CT molecular complexity index is 915. The highest BCUT2D eigenvalue weighted by atomic mass is 19.1. The Morgan fingerprint density at radius 2 is 1.81 bits per heavy atom. The number of ether oxygens (including phenoxy) is 1. The van der Waals surface area contributed by atoms with Crippen molar-refractivity contribution in [1.29, 1.82) is 0 Å². The summed E-state index contributed by atoms with van der Waals surface area (Å²) in [5.41, 5.74) is 1.50. The predicted octanol–water partition coefficient (Wildman–Crippen LogP) is 2.86. The molecule has 7 nitrogen and oxygen atoms in total. The van der Waals surface area contributed by atoms with Crippen LogP contribution in [-0.2, 0) is 11.8 Å². The lowest BCUT2D eigenvalue weighted by molar-refractivity contribution is -0.00569. The molecule has 4 rings (SSSR count). The molecule has 136 valence electrons. The third kappa shape index (κ3) is 3.20.